The maximum absolute atomic E-state index is 11.4. The molecule has 142 valence electrons. The number of aryl methyl sites for hydroxylation is 2. The van der Waals surface area contributed by atoms with Crippen LogP contribution in [0.2, 0.25) is 0 Å². The van der Waals surface area contributed by atoms with Gasteiger partial charge in [0.1, 0.15) is 25.4 Å². The molecule has 0 aliphatic rings. The van der Waals surface area contributed by atoms with E-state index < -0.39 is 0 Å². The standard InChI is InChI=1S/C21H24N2O4/c1-15-4-5-16(2)19(12-15)26-10-11-27-20-13-17(6-7-18(20)25-3)14-23-21(24)8-9-22/h4-7,12-13H,8,10-11,14H2,1-3H3,(H,23,24). The number of nitrogens with zero attached hydrogens (tertiary/aromatic N) is 1. The Bertz CT molecular complexity index is 827. The van der Waals surface area contributed by atoms with Crippen LogP contribution < -0.4 is 19.5 Å². The van der Waals surface area contributed by atoms with E-state index in [1.54, 1.807) is 13.2 Å². The molecule has 0 radical (unpaired) electrons. The molecule has 6 nitrogen and oxygen atoms in total. The van der Waals surface area contributed by atoms with E-state index in [4.69, 9.17) is 19.5 Å². The van der Waals surface area contributed by atoms with E-state index in [-0.39, 0.29) is 12.3 Å². The Hall–Kier alpha value is -3.20. The van der Waals surface area contributed by atoms with Crippen LogP contribution in [-0.2, 0) is 11.3 Å². The van der Waals surface area contributed by atoms with Gasteiger partial charge in [-0.3, -0.25) is 4.79 Å². The van der Waals surface area contributed by atoms with Crippen molar-refractivity contribution in [3.63, 3.8) is 0 Å². The predicted octanol–water partition coefficient (Wildman–Crippen LogP) is 3.30. The second kappa shape index (κ2) is 10.1. The summed E-state index contributed by atoms with van der Waals surface area (Å²) in [6, 6.07) is 13.3. The van der Waals surface area contributed by atoms with E-state index >= 15 is 0 Å². The van der Waals surface area contributed by atoms with E-state index in [1.165, 1.54) is 0 Å². The van der Waals surface area contributed by atoms with Crippen LogP contribution in [0.1, 0.15) is 23.1 Å². The summed E-state index contributed by atoms with van der Waals surface area (Å²) >= 11 is 0. The number of benzene rings is 2. The average molecular weight is 368 g/mol. The fourth-order valence-corrected chi connectivity index (χ4v) is 2.44. The first kappa shape index (κ1) is 20.1. The molecule has 1 N–H and O–H groups in total. The lowest BCUT2D eigenvalue weighted by atomic mass is 10.1. The Morgan fingerprint density at radius 2 is 1.78 bits per heavy atom. The van der Waals surface area contributed by atoms with E-state index in [1.807, 2.05) is 50.2 Å². The molecule has 27 heavy (non-hydrogen) atoms. The molecule has 0 aliphatic carbocycles. The summed E-state index contributed by atoms with van der Waals surface area (Å²) < 4.78 is 16.9. The van der Waals surface area contributed by atoms with Crippen LogP contribution in [-0.4, -0.2) is 26.2 Å². The van der Waals surface area contributed by atoms with Crippen LogP contribution in [0.25, 0.3) is 0 Å². The van der Waals surface area contributed by atoms with Crippen LogP contribution in [0.5, 0.6) is 17.2 Å². The highest BCUT2D eigenvalue weighted by Crippen LogP contribution is 2.28. The van der Waals surface area contributed by atoms with E-state index in [2.05, 4.69) is 5.32 Å². The monoisotopic (exact) mass is 368 g/mol. The van der Waals surface area contributed by atoms with Gasteiger partial charge in [-0.1, -0.05) is 18.2 Å². The first-order valence-electron chi connectivity index (χ1n) is 8.67. The summed E-state index contributed by atoms with van der Waals surface area (Å²) in [6.07, 6.45) is -0.158. The molecular formula is C21H24N2O4. The third-order valence-electron chi connectivity index (χ3n) is 3.90. The molecule has 6 heteroatoms. The van der Waals surface area contributed by atoms with Crippen molar-refractivity contribution in [2.45, 2.75) is 26.8 Å². The molecule has 0 fully saturated rings. The van der Waals surface area contributed by atoms with Gasteiger partial charge in [-0.15, -0.1) is 0 Å². The zero-order chi connectivity index (χ0) is 19.6. The maximum Gasteiger partial charge on any atom is 0.234 e. The number of hydrogen-bond donors (Lipinski definition) is 1. The molecule has 0 saturated carbocycles. The molecular weight excluding hydrogens is 344 g/mol. The number of carbonyl (C=O) groups is 1. The topological polar surface area (TPSA) is 80.6 Å². The second-order valence-electron chi connectivity index (χ2n) is 6.06. The van der Waals surface area contributed by atoms with Gasteiger partial charge in [0.25, 0.3) is 0 Å². The van der Waals surface area contributed by atoms with Crippen molar-refractivity contribution in [2.75, 3.05) is 20.3 Å². The average Bonchev–Trinajstić information content (AvgIpc) is 2.66. The molecule has 0 atom stereocenters. The molecule has 0 aromatic heterocycles. The number of hydrogen-bond acceptors (Lipinski definition) is 5. The van der Waals surface area contributed by atoms with Gasteiger partial charge in [0.15, 0.2) is 11.5 Å². The van der Waals surface area contributed by atoms with E-state index in [0.717, 1.165) is 22.4 Å². The van der Waals surface area contributed by atoms with Gasteiger partial charge < -0.3 is 19.5 Å². The molecule has 2 aromatic carbocycles. The molecule has 0 bridgehead atoms. The van der Waals surface area contributed by atoms with Gasteiger partial charge in [0, 0.05) is 6.54 Å². The SMILES string of the molecule is COc1ccc(CNC(=O)CC#N)cc1OCCOc1cc(C)ccc1C. The number of nitrogens with one attached hydrogen (secondary N) is 1. The quantitative estimate of drug-likeness (QED) is 0.687. The number of amides is 1. The molecule has 0 aliphatic heterocycles. The molecule has 0 heterocycles. The summed E-state index contributed by atoms with van der Waals surface area (Å²) in [5.41, 5.74) is 3.07. The van der Waals surface area contributed by atoms with Crippen LogP contribution in [0.4, 0.5) is 0 Å². The third kappa shape index (κ3) is 6.23. The maximum atomic E-state index is 11.4. The Morgan fingerprint density at radius 1 is 1.04 bits per heavy atom. The number of carbonyl (C=O) groups excluding carboxylic acids is 1. The Labute approximate surface area is 159 Å². The van der Waals surface area contributed by atoms with E-state index in [9.17, 15) is 4.79 Å². The van der Waals surface area contributed by atoms with Gasteiger partial charge in [-0.05, 0) is 48.7 Å². The fourth-order valence-electron chi connectivity index (χ4n) is 2.44. The first-order valence-corrected chi connectivity index (χ1v) is 8.67. The van der Waals surface area contributed by atoms with Crippen molar-refractivity contribution >= 4 is 5.91 Å². The smallest absolute Gasteiger partial charge is 0.234 e. The minimum Gasteiger partial charge on any atom is -0.493 e. The summed E-state index contributed by atoms with van der Waals surface area (Å²) in [4.78, 5) is 11.4. The minimum atomic E-state index is -0.308. The van der Waals surface area contributed by atoms with Crippen LogP contribution >= 0.6 is 0 Å². The summed E-state index contributed by atoms with van der Waals surface area (Å²) in [5.74, 6) is 1.72. The zero-order valence-corrected chi connectivity index (χ0v) is 15.9. The van der Waals surface area contributed by atoms with Crippen molar-refractivity contribution in [1.82, 2.24) is 5.32 Å². The zero-order valence-electron chi connectivity index (χ0n) is 15.9. The van der Waals surface area contributed by atoms with Crippen LogP contribution in [0.3, 0.4) is 0 Å². The lowest BCUT2D eigenvalue weighted by molar-refractivity contribution is -0.120. The molecule has 0 saturated heterocycles. The van der Waals surface area contributed by atoms with Crippen molar-refractivity contribution in [1.29, 1.82) is 5.26 Å². The van der Waals surface area contributed by atoms with Crippen molar-refractivity contribution in [2.24, 2.45) is 0 Å². The van der Waals surface area contributed by atoms with Crippen LogP contribution in [0.15, 0.2) is 36.4 Å². The van der Waals surface area contributed by atoms with Crippen LogP contribution in [0, 0.1) is 25.2 Å². The third-order valence-corrected chi connectivity index (χ3v) is 3.90. The summed E-state index contributed by atoms with van der Waals surface area (Å²) in [6.45, 7) is 5.10. The largest absolute Gasteiger partial charge is 0.493 e. The minimum absolute atomic E-state index is 0.158. The van der Waals surface area contributed by atoms with Crippen molar-refractivity contribution in [3.8, 4) is 23.3 Å². The highest BCUT2D eigenvalue weighted by Gasteiger charge is 2.08. The fraction of sp³-hybridized carbons (Fsp3) is 0.333. The van der Waals surface area contributed by atoms with Gasteiger partial charge in [0.2, 0.25) is 5.91 Å². The van der Waals surface area contributed by atoms with Gasteiger partial charge in [-0.2, -0.15) is 5.26 Å². The van der Waals surface area contributed by atoms with Gasteiger partial charge >= 0.3 is 0 Å². The first-order chi connectivity index (χ1) is 13.0. The predicted molar refractivity (Wildman–Crippen MR) is 102 cm³/mol. The van der Waals surface area contributed by atoms with E-state index in [0.29, 0.717) is 31.3 Å². The second-order valence-corrected chi connectivity index (χ2v) is 6.06. The van der Waals surface area contributed by atoms with Gasteiger partial charge in [0.05, 0.1) is 13.2 Å². The molecule has 2 aromatic rings. The number of rotatable bonds is 9. The highest BCUT2D eigenvalue weighted by atomic mass is 16.5. The molecule has 1 amide bonds. The summed E-state index contributed by atoms with van der Waals surface area (Å²) in [7, 11) is 1.57. The summed E-state index contributed by atoms with van der Waals surface area (Å²) in [5, 5.41) is 11.2. The molecule has 0 unspecified atom stereocenters. The number of methoxy groups -OCH3 is 1. The van der Waals surface area contributed by atoms with Crippen molar-refractivity contribution in [3.05, 3.63) is 53.1 Å². The number of ether oxygens (including phenoxy) is 3. The van der Waals surface area contributed by atoms with Gasteiger partial charge in [-0.25, -0.2) is 0 Å². The lowest BCUT2D eigenvalue weighted by Gasteiger charge is -2.14. The Kier molecular flexibility index (Phi) is 7.50. The molecule has 2 rings (SSSR count). The lowest BCUT2D eigenvalue weighted by Crippen LogP contribution is -2.21. The Balaban J connectivity index is 1.92. The highest BCUT2D eigenvalue weighted by molar-refractivity contribution is 5.77. The Morgan fingerprint density at radius 3 is 2.48 bits per heavy atom. The number of nitriles is 1. The normalized spacial score (nSPS) is 10.0. The van der Waals surface area contributed by atoms with Crippen molar-refractivity contribution < 1.29 is 19.0 Å². The molecule has 0 spiro atoms.